The molecule has 0 spiro atoms. The Labute approximate surface area is 126 Å². The van der Waals surface area contributed by atoms with E-state index in [-0.39, 0.29) is 5.82 Å². The van der Waals surface area contributed by atoms with E-state index in [4.69, 9.17) is 0 Å². The number of rotatable bonds is 4. The molecule has 0 amide bonds. The Morgan fingerprint density at radius 1 is 1.10 bits per heavy atom. The second-order valence-corrected chi connectivity index (χ2v) is 5.82. The molecule has 0 aliphatic heterocycles. The van der Waals surface area contributed by atoms with Crippen molar-refractivity contribution in [1.82, 2.24) is 4.98 Å². The van der Waals surface area contributed by atoms with Crippen molar-refractivity contribution in [2.24, 2.45) is 0 Å². The highest BCUT2D eigenvalue weighted by molar-refractivity contribution is 7.99. The fourth-order valence-corrected chi connectivity index (χ4v) is 3.09. The van der Waals surface area contributed by atoms with Gasteiger partial charge in [0.25, 0.3) is 0 Å². The number of aliphatic hydroxyl groups is 1. The van der Waals surface area contributed by atoms with Crippen LogP contribution in [-0.4, -0.2) is 15.8 Å². The fourth-order valence-electron chi connectivity index (χ4n) is 2.23. The lowest BCUT2D eigenvalue weighted by molar-refractivity contribution is 0.205. The van der Waals surface area contributed by atoms with Crippen LogP contribution in [0.2, 0.25) is 0 Å². The van der Waals surface area contributed by atoms with Crippen molar-refractivity contribution in [3.8, 4) is 0 Å². The van der Waals surface area contributed by atoms with Crippen LogP contribution in [0.5, 0.6) is 0 Å². The second-order valence-electron chi connectivity index (χ2n) is 4.72. The molecule has 0 saturated heterocycles. The van der Waals surface area contributed by atoms with Gasteiger partial charge in [0, 0.05) is 28.4 Å². The molecular weight excluding hydrogens is 285 g/mol. The van der Waals surface area contributed by atoms with Gasteiger partial charge in [0.1, 0.15) is 5.82 Å². The van der Waals surface area contributed by atoms with Crippen molar-refractivity contribution in [1.29, 1.82) is 0 Å². The van der Waals surface area contributed by atoms with Crippen molar-refractivity contribution >= 4 is 22.5 Å². The smallest absolute Gasteiger partial charge is 0.123 e. The number of hydrogen-bond acceptors (Lipinski definition) is 3. The summed E-state index contributed by atoms with van der Waals surface area (Å²) in [5.41, 5.74) is 0.893. The number of halogens is 1. The Hall–Kier alpha value is -1.91. The number of aromatic nitrogens is 1. The molecule has 0 saturated carbocycles. The lowest BCUT2D eigenvalue weighted by atomic mass is 10.0. The zero-order chi connectivity index (χ0) is 14.7. The third-order valence-electron chi connectivity index (χ3n) is 3.29. The van der Waals surface area contributed by atoms with Crippen molar-refractivity contribution in [3.63, 3.8) is 0 Å². The van der Waals surface area contributed by atoms with E-state index < -0.39 is 6.10 Å². The first-order chi connectivity index (χ1) is 10.2. The molecule has 21 heavy (non-hydrogen) atoms. The number of hydrogen-bond donors (Lipinski definition) is 1. The normalized spacial score (nSPS) is 12.5. The van der Waals surface area contributed by atoms with Gasteiger partial charge < -0.3 is 5.11 Å². The van der Waals surface area contributed by atoms with Crippen LogP contribution in [0.4, 0.5) is 4.39 Å². The number of benzene rings is 2. The van der Waals surface area contributed by atoms with E-state index in [1.165, 1.54) is 23.9 Å². The second kappa shape index (κ2) is 6.24. The van der Waals surface area contributed by atoms with Gasteiger partial charge in [-0.2, -0.15) is 0 Å². The molecule has 3 aromatic rings. The Kier molecular flexibility index (Phi) is 4.18. The zero-order valence-electron chi connectivity index (χ0n) is 11.2. The minimum atomic E-state index is -0.578. The molecule has 3 rings (SSSR count). The molecule has 0 radical (unpaired) electrons. The average molecular weight is 299 g/mol. The Morgan fingerprint density at radius 3 is 2.71 bits per heavy atom. The van der Waals surface area contributed by atoms with E-state index >= 15 is 0 Å². The van der Waals surface area contributed by atoms with E-state index in [0.29, 0.717) is 5.75 Å². The molecule has 4 heteroatoms. The van der Waals surface area contributed by atoms with Gasteiger partial charge in [-0.15, -0.1) is 11.8 Å². The highest BCUT2D eigenvalue weighted by Gasteiger charge is 2.11. The SMILES string of the molecule is OC(CSc1ccc(F)cc1)c1cccc2cnccc12. The van der Waals surface area contributed by atoms with Gasteiger partial charge in [-0.3, -0.25) is 4.98 Å². The minimum absolute atomic E-state index is 0.249. The monoisotopic (exact) mass is 299 g/mol. The Bertz CT molecular complexity index is 740. The maximum absolute atomic E-state index is 12.9. The van der Waals surface area contributed by atoms with Gasteiger partial charge in [-0.05, 0) is 41.3 Å². The molecule has 1 aromatic heterocycles. The standard InChI is InChI=1S/C17H14FNOS/c18-13-4-6-14(7-5-13)21-11-17(20)16-3-1-2-12-10-19-9-8-15(12)16/h1-10,17,20H,11H2. The summed E-state index contributed by atoms with van der Waals surface area (Å²) in [5.74, 6) is 0.272. The van der Waals surface area contributed by atoms with Crippen molar-refractivity contribution in [2.45, 2.75) is 11.0 Å². The molecule has 106 valence electrons. The van der Waals surface area contributed by atoms with Crippen LogP contribution in [0.1, 0.15) is 11.7 Å². The molecule has 0 aliphatic carbocycles. The predicted molar refractivity (Wildman–Crippen MR) is 83.8 cm³/mol. The molecule has 1 atom stereocenters. The molecule has 1 unspecified atom stereocenters. The van der Waals surface area contributed by atoms with Gasteiger partial charge in [0.2, 0.25) is 0 Å². The highest BCUT2D eigenvalue weighted by Crippen LogP contribution is 2.29. The molecule has 2 aromatic carbocycles. The van der Waals surface area contributed by atoms with Gasteiger partial charge in [0.05, 0.1) is 6.10 Å². The molecule has 0 bridgehead atoms. The van der Waals surface area contributed by atoms with Gasteiger partial charge in [-0.25, -0.2) is 4.39 Å². The molecule has 0 fully saturated rings. The third-order valence-corrected chi connectivity index (χ3v) is 4.38. The van der Waals surface area contributed by atoms with E-state index in [1.54, 1.807) is 24.5 Å². The number of thioether (sulfide) groups is 1. The maximum Gasteiger partial charge on any atom is 0.123 e. The first-order valence-corrected chi connectivity index (χ1v) is 7.61. The first-order valence-electron chi connectivity index (χ1n) is 6.63. The summed E-state index contributed by atoms with van der Waals surface area (Å²) in [4.78, 5) is 5.03. The summed E-state index contributed by atoms with van der Waals surface area (Å²) < 4.78 is 12.9. The summed E-state index contributed by atoms with van der Waals surface area (Å²) in [6, 6.07) is 14.0. The van der Waals surface area contributed by atoms with Gasteiger partial charge in [-0.1, -0.05) is 18.2 Å². The van der Waals surface area contributed by atoms with Crippen LogP contribution in [0.15, 0.2) is 65.8 Å². The van der Waals surface area contributed by atoms with Crippen molar-refractivity contribution in [3.05, 3.63) is 72.3 Å². The maximum atomic E-state index is 12.9. The summed E-state index contributed by atoms with van der Waals surface area (Å²) in [7, 11) is 0. The molecule has 1 heterocycles. The number of nitrogens with zero attached hydrogens (tertiary/aromatic N) is 1. The van der Waals surface area contributed by atoms with Crippen LogP contribution in [0, 0.1) is 5.82 Å². The number of fused-ring (bicyclic) bond motifs is 1. The van der Waals surface area contributed by atoms with Gasteiger partial charge >= 0.3 is 0 Å². The minimum Gasteiger partial charge on any atom is -0.388 e. The summed E-state index contributed by atoms with van der Waals surface area (Å²) in [6.07, 6.45) is 2.94. The Balaban J connectivity index is 1.78. The molecule has 1 N–H and O–H groups in total. The van der Waals surface area contributed by atoms with Crippen LogP contribution in [0.25, 0.3) is 10.8 Å². The van der Waals surface area contributed by atoms with Gasteiger partial charge in [0.15, 0.2) is 0 Å². The lowest BCUT2D eigenvalue weighted by Gasteiger charge is -2.13. The quantitative estimate of drug-likeness (QED) is 0.733. The van der Waals surface area contributed by atoms with Crippen LogP contribution < -0.4 is 0 Å². The predicted octanol–water partition coefficient (Wildman–Crippen LogP) is 4.20. The van der Waals surface area contributed by atoms with Crippen molar-refractivity contribution < 1.29 is 9.50 Å². The van der Waals surface area contributed by atoms with Crippen LogP contribution in [-0.2, 0) is 0 Å². The fraction of sp³-hybridized carbons (Fsp3) is 0.118. The molecular formula is C17H14FNOS. The molecule has 0 aliphatic rings. The number of aliphatic hydroxyl groups excluding tert-OH is 1. The average Bonchev–Trinajstić information content (AvgIpc) is 2.53. The van der Waals surface area contributed by atoms with E-state index in [0.717, 1.165) is 21.2 Å². The zero-order valence-corrected chi connectivity index (χ0v) is 12.1. The Morgan fingerprint density at radius 2 is 1.90 bits per heavy atom. The van der Waals surface area contributed by atoms with Crippen LogP contribution in [0.3, 0.4) is 0 Å². The van der Waals surface area contributed by atoms with E-state index in [9.17, 15) is 9.50 Å². The largest absolute Gasteiger partial charge is 0.388 e. The number of pyridine rings is 1. The van der Waals surface area contributed by atoms with E-state index in [2.05, 4.69) is 4.98 Å². The van der Waals surface area contributed by atoms with Crippen molar-refractivity contribution in [2.75, 3.05) is 5.75 Å². The van der Waals surface area contributed by atoms with E-state index in [1.807, 2.05) is 24.3 Å². The molecule has 2 nitrogen and oxygen atoms in total. The summed E-state index contributed by atoms with van der Waals surface area (Å²) in [5, 5.41) is 12.4. The summed E-state index contributed by atoms with van der Waals surface area (Å²) in [6.45, 7) is 0. The topological polar surface area (TPSA) is 33.1 Å². The third kappa shape index (κ3) is 3.23. The first kappa shape index (κ1) is 14.0. The lowest BCUT2D eigenvalue weighted by Crippen LogP contribution is -2.01. The summed E-state index contributed by atoms with van der Waals surface area (Å²) >= 11 is 1.51. The van der Waals surface area contributed by atoms with Crippen LogP contribution >= 0.6 is 11.8 Å². The highest BCUT2D eigenvalue weighted by atomic mass is 32.2.